The molecule has 0 spiro atoms. The van der Waals surface area contributed by atoms with E-state index < -0.39 is 6.10 Å². The van der Waals surface area contributed by atoms with Gasteiger partial charge >= 0.3 is 0 Å². The van der Waals surface area contributed by atoms with E-state index >= 15 is 0 Å². The van der Waals surface area contributed by atoms with Crippen LogP contribution < -0.4 is 10.1 Å². The Kier molecular flexibility index (Phi) is 5.08. The molecule has 1 saturated carbocycles. The average Bonchev–Trinajstić information content (AvgIpc) is 2.83. The largest absolute Gasteiger partial charge is 0.489 e. The van der Waals surface area contributed by atoms with E-state index in [1.807, 2.05) is 12.1 Å². The minimum atomic E-state index is -0.520. The standard InChI is InChI=1S/C15H22ClNO2/c1-15(8-4-5-9-15)17-10-12(18)11-19-14-7-3-2-6-13(14)16/h2-3,6-7,12,17-18H,4-5,8-11H2,1H3. The molecule has 3 nitrogen and oxygen atoms in total. The van der Waals surface area contributed by atoms with Crippen molar-refractivity contribution in [2.45, 2.75) is 44.2 Å². The summed E-state index contributed by atoms with van der Waals surface area (Å²) in [4.78, 5) is 0. The number of benzene rings is 1. The van der Waals surface area contributed by atoms with Crippen LogP contribution in [0.15, 0.2) is 24.3 Å². The van der Waals surface area contributed by atoms with Gasteiger partial charge in [0.25, 0.3) is 0 Å². The maximum absolute atomic E-state index is 9.95. The molecule has 106 valence electrons. The summed E-state index contributed by atoms with van der Waals surface area (Å²) < 4.78 is 5.52. The quantitative estimate of drug-likeness (QED) is 0.843. The van der Waals surface area contributed by atoms with E-state index in [1.54, 1.807) is 12.1 Å². The first-order valence-corrected chi connectivity index (χ1v) is 7.27. The normalized spacial score (nSPS) is 19.3. The number of hydrogen-bond donors (Lipinski definition) is 2. The van der Waals surface area contributed by atoms with Crippen molar-refractivity contribution in [1.82, 2.24) is 5.32 Å². The van der Waals surface area contributed by atoms with E-state index in [0.29, 0.717) is 17.3 Å². The Morgan fingerprint density at radius 3 is 2.74 bits per heavy atom. The summed E-state index contributed by atoms with van der Waals surface area (Å²) in [6.07, 6.45) is 4.40. The number of ether oxygens (including phenoxy) is 1. The van der Waals surface area contributed by atoms with Gasteiger partial charge in [-0.15, -0.1) is 0 Å². The first kappa shape index (κ1) is 14.6. The van der Waals surface area contributed by atoms with Crippen molar-refractivity contribution in [2.24, 2.45) is 0 Å². The van der Waals surface area contributed by atoms with Gasteiger partial charge in [-0.2, -0.15) is 0 Å². The molecule has 0 heterocycles. The number of aliphatic hydroxyl groups is 1. The van der Waals surface area contributed by atoms with Crippen molar-refractivity contribution in [3.05, 3.63) is 29.3 Å². The molecule has 4 heteroatoms. The summed E-state index contributed by atoms with van der Waals surface area (Å²) in [5.74, 6) is 0.621. The highest BCUT2D eigenvalue weighted by Gasteiger charge is 2.28. The molecule has 0 aromatic heterocycles. The molecule has 0 saturated heterocycles. The van der Waals surface area contributed by atoms with Crippen LogP contribution in [0.25, 0.3) is 0 Å². The molecule has 1 fully saturated rings. The van der Waals surface area contributed by atoms with Crippen LogP contribution in [0.1, 0.15) is 32.6 Å². The van der Waals surface area contributed by atoms with Gasteiger partial charge in [0, 0.05) is 12.1 Å². The van der Waals surface area contributed by atoms with E-state index in [4.69, 9.17) is 16.3 Å². The smallest absolute Gasteiger partial charge is 0.138 e. The van der Waals surface area contributed by atoms with Gasteiger partial charge in [-0.25, -0.2) is 0 Å². The summed E-state index contributed by atoms with van der Waals surface area (Å²) in [5.41, 5.74) is 0.186. The molecule has 2 rings (SSSR count). The van der Waals surface area contributed by atoms with Crippen LogP contribution in [0.4, 0.5) is 0 Å². The topological polar surface area (TPSA) is 41.5 Å². The van der Waals surface area contributed by atoms with E-state index in [1.165, 1.54) is 25.7 Å². The average molecular weight is 284 g/mol. The second-order valence-corrected chi connectivity index (χ2v) is 5.95. The predicted octanol–water partition coefficient (Wildman–Crippen LogP) is 3.00. The number of nitrogens with one attached hydrogen (secondary N) is 1. The maximum Gasteiger partial charge on any atom is 0.138 e. The van der Waals surface area contributed by atoms with Crippen molar-refractivity contribution in [3.8, 4) is 5.75 Å². The molecule has 1 aliphatic rings. The highest BCUT2D eigenvalue weighted by atomic mass is 35.5. The van der Waals surface area contributed by atoms with Gasteiger partial charge in [0.1, 0.15) is 18.5 Å². The van der Waals surface area contributed by atoms with Gasteiger partial charge in [-0.1, -0.05) is 36.6 Å². The predicted molar refractivity (Wildman–Crippen MR) is 77.8 cm³/mol. The van der Waals surface area contributed by atoms with E-state index in [-0.39, 0.29) is 12.1 Å². The van der Waals surface area contributed by atoms with Gasteiger partial charge in [0.05, 0.1) is 5.02 Å². The molecule has 1 aromatic rings. The maximum atomic E-state index is 9.95. The fourth-order valence-electron chi connectivity index (χ4n) is 2.50. The number of para-hydroxylation sites is 1. The molecule has 1 aromatic carbocycles. The number of halogens is 1. The van der Waals surface area contributed by atoms with Crippen LogP contribution in [-0.2, 0) is 0 Å². The molecule has 19 heavy (non-hydrogen) atoms. The molecule has 1 unspecified atom stereocenters. The van der Waals surface area contributed by atoms with Gasteiger partial charge in [0.2, 0.25) is 0 Å². The molecule has 1 aliphatic carbocycles. The SMILES string of the molecule is CC1(NCC(O)COc2ccccc2Cl)CCCC1. The molecule has 0 radical (unpaired) electrons. The van der Waals surface area contributed by atoms with E-state index in [0.717, 1.165) is 0 Å². The molecule has 1 atom stereocenters. The lowest BCUT2D eigenvalue weighted by molar-refractivity contribution is 0.0980. The molecule has 0 bridgehead atoms. The van der Waals surface area contributed by atoms with Crippen LogP contribution in [0.3, 0.4) is 0 Å². The van der Waals surface area contributed by atoms with Crippen LogP contribution in [0, 0.1) is 0 Å². The highest BCUT2D eigenvalue weighted by molar-refractivity contribution is 6.32. The van der Waals surface area contributed by atoms with Crippen molar-refractivity contribution in [1.29, 1.82) is 0 Å². The molecular weight excluding hydrogens is 262 g/mol. The van der Waals surface area contributed by atoms with Gasteiger partial charge in [-0.3, -0.25) is 0 Å². The van der Waals surface area contributed by atoms with Crippen molar-refractivity contribution in [2.75, 3.05) is 13.2 Å². The Hall–Kier alpha value is -0.770. The number of hydrogen-bond acceptors (Lipinski definition) is 3. The summed E-state index contributed by atoms with van der Waals surface area (Å²) in [6, 6.07) is 7.31. The Morgan fingerprint density at radius 1 is 1.37 bits per heavy atom. The van der Waals surface area contributed by atoms with E-state index in [2.05, 4.69) is 12.2 Å². The van der Waals surface area contributed by atoms with Crippen LogP contribution in [-0.4, -0.2) is 29.9 Å². The Labute approximate surface area is 119 Å². The minimum absolute atomic E-state index is 0.186. The third kappa shape index (κ3) is 4.37. The second-order valence-electron chi connectivity index (χ2n) is 5.54. The summed E-state index contributed by atoms with van der Waals surface area (Å²) in [5, 5.41) is 14.0. The lowest BCUT2D eigenvalue weighted by atomic mass is 10.0. The second kappa shape index (κ2) is 6.60. The lowest BCUT2D eigenvalue weighted by Gasteiger charge is -2.27. The molecule has 2 N–H and O–H groups in total. The van der Waals surface area contributed by atoms with Crippen molar-refractivity contribution < 1.29 is 9.84 Å². The lowest BCUT2D eigenvalue weighted by Crippen LogP contribution is -2.44. The Morgan fingerprint density at radius 2 is 2.05 bits per heavy atom. The molecule has 0 amide bonds. The van der Waals surface area contributed by atoms with Crippen LogP contribution >= 0.6 is 11.6 Å². The molecule has 0 aliphatic heterocycles. The zero-order chi connectivity index (χ0) is 13.7. The van der Waals surface area contributed by atoms with Crippen molar-refractivity contribution in [3.63, 3.8) is 0 Å². The zero-order valence-electron chi connectivity index (χ0n) is 11.4. The van der Waals surface area contributed by atoms with Gasteiger partial charge in [-0.05, 0) is 31.9 Å². The summed E-state index contributed by atoms with van der Waals surface area (Å²) in [6.45, 7) is 3.04. The third-order valence-corrected chi connectivity index (χ3v) is 4.05. The van der Waals surface area contributed by atoms with Gasteiger partial charge < -0.3 is 15.2 Å². The monoisotopic (exact) mass is 283 g/mol. The van der Waals surface area contributed by atoms with Crippen LogP contribution in [0.2, 0.25) is 5.02 Å². The van der Waals surface area contributed by atoms with Crippen LogP contribution in [0.5, 0.6) is 5.75 Å². The third-order valence-electron chi connectivity index (χ3n) is 3.74. The Balaban J connectivity index is 1.73. The van der Waals surface area contributed by atoms with E-state index in [9.17, 15) is 5.11 Å². The van der Waals surface area contributed by atoms with Crippen molar-refractivity contribution >= 4 is 11.6 Å². The summed E-state index contributed by atoms with van der Waals surface area (Å²) in [7, 11) is 0. The van der Waals surface area contributed by atoms with Gasteiger partial charge in [0.15, 0.2) is 0 Å². The fourth-order valence-corrected chi connectivity index (χ4v) is 2.69. The highest BCUT2D eigenvalue weighted by Crippen LogP contribution is 2.28. The first-order valence-electron chi connectivity index (χ1n) is 6.89. The first-order chi connectivity index (χ1) is 9.09. The molecular formula is C15H22ClNO2. The summed E-state index contributed by atoms with van der Waals surface area (Å²) >= 11 is 5.99. The number of rotatable bonds is 6. The number of aliphatic hydroxyl groups excluding tert-OH is 1. The number of β-amino-alcohol motifs (C(OH)–C–C–N with tert-alkyl or cyclic N) is 1. The Bertz CT molecular complexity index is 405. The minimum Gasteiger partial charge on any atom is -0.489 e. The fraction of sp³-hybridized carbons (Fsp3) is 0.600. The zero-order valence-corrected chi connectivity index (χ0v) is 12.1.